The Morgan fingerprint density at radius 1 is 1.55 bits per heavy atom. The Balaban J connectivity index is 2.15. The highest BCUT2D eigenvalue weighted by Crippen LogP contribution is 2.25. The smallest absolute Gasteiger partial charge is 0.247 e. The SMILES string of the molecule is CCc1nccn1C(C)C(=O)Nc1ccc(N)cc1Cl. The summed E-state index contributed by atoms with van der Waals surface area (Å²) in [7, 11) is 0. The average molecular weight is 293 g/mol. The van der Waals surface area contributed by atoms with Gasteiger partial charge in [-0.2, -0.15) is 0 Å². The molecule has 0 spiro atoms. The van der Waals surface area contributed by atoms with Crippen LogP contribution in [-0.2, 0) is 11.2 Å². The molecule has 0 radical (unpaired) electrons. The zero-order chi connectivity index (χ0) is 14.7. The van der Waals surface area contributed by atoms with Crippen LogP contribution in [0.25, 0.3) is 0 Å². The van der Waals surface area contributed by atoms with Crippen LogP contribution in [-0.4, -0.2) is 15.5 Å². The maximum Gasteiger partial charge on any atom is 0.247 e. The van der Waals surface area contributed by atoms with E-state index in [0.29, 0.717) is 16.4 Å². The molecular formula is C14H17ClN4O. The van der Waals surface area contributed by atoms with E-state index in [1.807, 2.05) is 18.4 Å². The van der Waals surface area contributed by atoms with Crippen molar-refractivity contribution in [1.82, 2.24) is 9.55 Å². The number of hydrogen-bond donors (Lipinski definition) is 2. The molecule has 1 aromatic heterocycles. The van der Waals surface area contributed by atoms with Gasteiger partial charge in [0.2, 0.25) is 5.91 Å². The number of nitrogens with one attached hydrogen (secondary N) is 1. The predicted octanol–water partition coefficient (Wildman–Crippen LogP) is 2.88. The number of aryl methyl sites for hydroxylation is 1. The highest BCUT2D eigenvalue weighted by atomic mass is 35.5. The van der Waals surface area contributed by atoms with E-state index in [2.05, 4.69) is 10.3 Å². The van der Waals surface area contributed by atoms with Crippen LogP contribution in [0.1, 0.15) is 25.7 Å². The fourth-order valence-corrected chi connectivity index (χ4v) is 2.20. The van der Waals surface area contributed by atoms with Crippen LogP contribution >= 0.6 is 11.6 Å². The van der Waals surface area contributed by atoms with E-state index >= 15 is 0 Å². The zero-order valence-electron chi connectivity index (χ0n) is 11.4. The largest absolute Gasteiger partial charge is 0.399 e. The van der Waals surface area contributed by atoms with Gasteiger partial charge in [-0.05, 0) is 25.1 Å². The first-order chi connectivity index (χ1) is 9.52. The molecule has 0 saturated carbocycles. The van der Waals surface area contributed by atoms with E-state index in [0.717, 1.165) is 12.2 Å². The van der Waals surface area contributed by atoms with Crippen LogP contribution in [0.2, 0.25) is 5.02 Å². The van der Waals surface area contributed by atoms with Crippen molar-refractivity contribution >= 4 is 28.9 Å². The molecule has 0 aliphatic heterocycles. The van der Waals surface area contributed by atoms with Gasteiger partial charge in [0, 0.05) is 24.5 Å². The van der Waals surface area contributed by atoms with E-state index in [9.17, 15) is 4.79 Å². The molecule has 0 aliphatic carbocycles. The van der Waals surface area contributed by atoms with Gasteiger partial charge in [-0.15, -0.1) is 0 Å². The third kappa shape index (κ3) is 2.93. The summed E-state index contributed by atoms with van der Waals surface area (Å²) in [5.41, 5.74) is 6.73. The molecule has 106 valence electrons. The fourth-order valence-electron chi connectivity index (χ4n) is 1.97. The molecule has 2 aromatic rings. The minimum Gasteiger partial charge on any atom is -0.399 e. The monoisotopic (exact) mass is 292 g/mol. The maximum atomic E-state index is 12.3. The number of carbonyl (C=O) groups is 1. The Labute approximate surface area is 122 Å². The van der Waals surface area contributed by atoms with Crippen molar-refractivity contribution in [3.8, 4) is 0 Å². The first-order valence-corrected chi connectivity index (χ1v) is 6.78. The second kappa shape index (κ2) is 5.96. The van der Waals surface area contributed by atoms with Gasteiger partial charge < -0.3 is 15.6 Å². The van der Waals surface area contributed by atoms with E-state index < -0.39 is 0 Å². The van der Waals surface area contributed by atoms with Crippen LogP contribution in [0.4, 0.5) is 11.4 Å². The van der Waals surface area contributed by atoms with Crippen LogP contribution in [0.5, 0.6) is 0 Å². The Morgan fingerprint density at radius 2 is 2.30 bits per heavy atom. The van der Waals surface area contributed by atoms with E-state index in [1.54, 1.807) is 30.6 Å². The second-order valence-electron chi connectivity index (χ2n) is 4.51. The van der Waals surface area contributed by atoms with Crippen molar-refractivity contribution in [3.05, 3.63) is 41.4 Å². The van der Waals surface area contributed by atoms with Crippen molar-refractivity contribution in [1.29, 1.82) is 0 Å². The Bertz CT molecular complexity index is 623. The molecule has 0 fully saturated rings. The van der Waals surface area contributed by atoms with E-state index in [4.69, 9.17) is 17.3 Å². The van der Waals surface area contributed by atoms with Crippen molar-refractivity contribution < 1.29 is 4.79 Å². The van der Waals surface area contributed by atoms with Crippen LogP contribution in [0.3, 0.4) is 0 Å². The normalized spacial score (nSPS) is 12.2. The number of rotatable bonds is 4. The number of hydrogen-bond acceptors (Lipinski definition) is 3. The minimum atomic E-state index is -0.360. The third-order valence-electron chi connectivity index (χ3n) is 3.11. The van der Waals surface area contributed by atoms with Crippen molar-refractivity contribution in [3.63, 3.8) is 0 Å². The molecule has 1 atom stereocenters. The van der Waals surface area contributed by atoms with Gasteiger partial charge in [0.1, 0.15) is 11.9 Å². The third-order valence-corrected chi connectivity index (χ3v) is 3.43. The van der Waals surface area contributed by atoms with E-state index in [-0.39, 0.29) is 11.9 Å². The number of aromatic nitrogens is 2. The first kappa shape index (κ1) is 14.4. The molecule has 1 heterocycles. The average Bonchev–Trinajstić information content (AvgIpc) is 2.89. The zero-order valence-corrected chi connectivity index (χ0v) is 12.2. The van der Waals surface area contributed by atoms with Crippen LogP contribution in [0, 0.1) is 0 Å². The van der Waals surface area contributed by atoms with Gasteiger partial charge in [0.15, 0.2) is 0 Å². The number of nitrogen functional groups attached to an aromatic ring is 1. The molecule has 3 N–H and O–H groups in total. The summed E-state index contributed by atoms with van der Waals surface area (Å²) >= 11 is 6.05. The maximum absolute atomic E-state index is 12.3. The minimum absolute atomic E-state index is 0.149. The van der Waals surface area contributed by atoms with E-state index in [1.165, 1.54) is 0 Å². The van der Waals surface area contributed by atoms with Crippen LogP contribution < -0.4 is 11.1 Å². The number of halogens is 1. The molecule has 1 aromatic carbocycles. The highest BCUT2D eigenvalue weighted by Gasteiger charge is 2.18. The molecule has 1 amide bonds. The standard InChI is InChI=1S/C14H17ClN4O/c1-3-13-17-6-7-19(13)9(2)14(20)18-12-5-4-10(16)8-11(12)15/h4-9H,3,16H2,1-2H3,(H,18,20). The summed E-state index contributed by atoms with van der Waals surface area (Å²) in [4.78, 5) is 16.5. The van der Waals surface area contributed by atoms with Gasteiger partial charge in [-0.25, -0.2) is 4.98 Å². The topological polar surface area (TPSA) is 72.9 Å². The number of anilines is 2. The van der Waals surface area contributed by atoms with Crippen LogP contribution in [0.15, 0.2) is 30.6 Å². The lowest BCUT2D eigenvalue weighted by atomic mass is 10.2. The molecule has 20 heavy (non-hydrogen) atoms. The highest BCUT2D eigenvalue weighted by molar-refractivity contribution is 6.34. The number of amides is 1. The molecule has 0 saturated heterocycles. The summed E-state index contributed by atoms with van der Waals surface area (Å²) in [6.07, 6.45) is 4.26. The lowest BCUT2D eigenvalue weighted by Gasteiger charge is -2.16. The Hall–Kier alpha value is -2.01. The second-order valence-corrected chi connectivity index (χ2v) is 4.92. The lowest BCUT2D eigenvalue weighted by Crippen LogP contribution is -2.24. The molecule has 6 heteroatoms. The van der Waals surface area contributed by atoms with Crippen molar-refractivity contribution in [2.24, 2.45) is 0 Å². The Morgan fingerprint density at radius 3 is 2.95 bits per heavy atom. The fraction of sp³-hybridized carbons (Fsp3) is 0.286. The number of benzene rings is 1. The number of nitrogens with two attached hydrogens (primary N) is 1. The van der Waals surface area contributed by atoms with Gasteiger partial charge in [-0.1, -0.05) is 18.5 Å². The summed E-state index contributed by atoms with van der Waals surface area (Å²) in [6, 6.07) is 4.63. The van der Waals surface area contributed by atoms with Gasteiger partial charge in [0.05, 0.1) is 10.7 Å². The van der Waals surface area contributed by atoms with Crippen molar-refractivity contribution in [2.75, 3.05) is 11.1 Å². The van der Waals surface area contributed by atoms with Gasteiger partial charge in [0.25, 0.3) is 0 Å². The van der Waals surface area contributed by atoms with Crippen molar-refractivity contribution in [2.45, 2.75) is 26.3 Å². The predicted molar refractivity (Wildman–Crippen MR) is 80.8 cm³/mol. The molecule has 1 unspecified atom stereocenters. The quantitative estimate of drug-likeness (QED) is 0.851. The molecule has 2 rings (SSSR count). The summed E-state index contributed by atoms with van der Waals surface area (Å²) in [5, 5.41) is 3.22. The lowest BCUT2D eigenvalue weighted by molar-refractivity contribution is -0.118. The summed E-state index contributed by atoms with van der Waals surface area (Å²) in [5.74, 6) is 0.723. The summed E-state index contributed by atoms with van der Waals surface area (Å²) < 4.78 is 1.85. The molecule has 0 bridgehead atoms. The van der Waals surface area contributed by atoms with Gasteiger partial charge >= 0.3 is 0 Å². The molecule has 0 aliphatic rings. The number of imidazole rings is 1. The number of nitrogens with zero attached hydrogens (tertiary/aromatic N) is 2. The molecule has 5 nitrogen and oxygen atoms in total. The Kier molecular flexibility index (Phi) is 4.29. The molecular weight excluding hydrogens is 276 g/mol. The van der Waals surface area contributed by atoms with Gasteiger partial charge in [-0.3, -0.25) is 4.79 Å². The number of carbonyl (C=O) groups excluding carboxylic acids is 1. The first-order valence-electron chi connectivity index (χ1n) is 6.40. The summed E-state index contributed by atoms with van der Waals surface area (Å²) in [6.45, 7) is 3.82.